The third kappa shape index (κ3) is 3.63. The predicted octanol–water partition coefficient (Wildman–Crippen LogP) is 4.19. The van der Waals surface area contributed by atoms with Crippen molar-refractivity contribution >= 4 is 32.3 Å². The fraction of sp³-hybridized carbons (Fsp3) is 0.333. The summed E-state index contributed by atoms with van der Waals surface area (Å²) in [5.41, 5.74) is 1.20. The quantitative estimate of drug-likeness (QED) is 0.674. The van der Waals surface area contributed by atoms with Crippen molar-refractivity contribution in [3.63, 3.8) is 0 Å². The molecule has 2 aromatic heterocycles. The molecule has 4 nitrogen and oxygen atoms in total. The molecule has 0 saturated carbocycles. The molecule has 1 aromatic carbocycles. The van der Waals surface area contributed by atoms with Gasteiger partial charge < -0.3 is 4.98 Å². The Kier molecular flexibility index (Phi) is 4.74. The Morgan fingerprint density at radius 1 is 1.24 bits per heavy atom. The van der Waals surface area contributed by atoms with Gasteiger partial charge in [-0.3, -0.25) is 0 Å². The van der Waals surface area contributed by atoms with E-state index in [1.54, 1.807) is 12.1 Å². The van der Waals surface area contributed by atoms with E-state index in [0.717, 1.165) is 22.2 Å². The number of fused-ring (bicyclic) bond motifs is 1. The van der Waals surface area contributed by atoms with E-state index in [1.807, 2.05) is 33.0 Å². The molecule has 0 aliphatic rings. The molecule has 0 amide bonds. The molecule has 3 aromatic rings. The minimum absolute atomic E-state index is 0.249. The van der Waals surface area contributed by atoms with Gasteiger partial charge in [0.15, 0.2) is 0 Å². The number of aromatic amines is 1. The summed E-state index contributed by atoms with van der Waals surface area (Å²) in [5.74, 6) is -0.302. The van der Waals surface area contributed by atoms with E-state index in [-0.39, 0.29) is 12.4 Å². The van der Waals surface area contributed by atoms with Crippen LogP contribution in [0, 0.1) is 5.82 Å². The lowest BCUT2D eigenvalue weighted by Crippen LogP contribution is -2.36. The largest absolute Gasteiger partial charge is 0.361 e. The molecule has 2 N–H and O–H groups in total. The standard InChI is InChI=1S/C18H21FN2O2S2/c1-4-13-6-8-17(24-13)25(22,23)21-11-18(2,3)15-10-20-16-9-12(19)5-7-14(15)16/h5-10,20-21H,4,11H2,1-3H3. The van der Waals surface area contributed by atoms with E-state index in [9.17, 15) is 12.8 Å². The van der Waals surface area contributed by atoms with Crippen molar-refractivity contribution in [2.75, 3.05) is 6.54 Å². The van der Waals surface area contributed by atoms with E-state index >= 15 is 0 Å². The molecule has 0 unspecified atom stereocenters. The van der Waals surface area contributed by atoms with E-state index in [0.29, 0.717) is 9.73 Å². The number of nitrogens with one attached hydrogen (secondary N) is 2. The first kappa shape index (κ1) is 18.1. The summed E-state index contributed by atoms with van der Waals surface area (Å²) in [5, 5.41) is 0.898. The maximum Gasteiger partial charge on any atom is 0.250 e. The molecule has 0 saturated heterocycles. The Hall–Kier alpha value is -1.70. The van der Waals surface area contributed by atoms with Gasteiger partial charge in [-0.05, 0) is 42.3 Å². The van der Waals surface area contributed by atoms with Crippen LogP contribution in [0.2, 0.25) is 0 Å². The zero-order valence-electron chi connectivity index (χ0n) is 14.4. The van der Waals surface area contributed by atoms with Gasteiger partial charge in [0.1, 0.15) is 10.0 Å². The van der Waals surface area contributed by atoms with Crippen molar-refractivity contribution in [3.05, 3.63) is 52.8 Å². The van der Waals surface area contributed by atoms with Crippen LogP contribution in [-0.2, 0) is 21.9 Å². The molecule has 2 heterocycles. The van der Waals surface area contributed by atoms with E-state index in [2.05, 4.69) is 9.71 Å². The van der Waals surface area contributed by atoms with E-state index < -0.39 is 15.4 Å². The lowest BCUT2D eigenvalue weighted by atomic mass is 9.85. The van der Waals surface area contributed by atoms with Crippen LogP contribution in [0.4, 0.5) is 4.39 Å². The normalized spacial score (nSPS) is 12.8. The fourth-order valence-electron chi connectivity index (χ4n) is 2.79. The van der Waals surface area contributed by atoms with Gasteiger partial charge in [0, 0.05) is 33.9 Å². The van der Waals surface area contributed by atoms with Crippen molar-refractivity contribution < 1.29 is 12.8 Å². The van der Waals surface area contributed by atoms with Gasteiger partial charge in [-0.1, -0.05) is 20.8 Å². The summed E-state index contributed by atoms with van der Waals surface area (Å²) in [6, 6.07) is 8.07. The molecule has 0 atom stereocenters. The van der Waals surface area contributed by atoms with Gasteiger partial charge in [0.2, 0.25) is 10.0 Å². The van der Waals surface area contributed by atoms with Crippen molar-refractivity contribution in [1.29, 1.82) is 0 Å². The highest BCUT2D eigenvalue weighted by molar-refractivity contribution is 7.91. The Morgan fingerprint density at radius 2 is 2.00 bits per heavy atom. The number of benzene rings is 1. The second kappa shape index (κ2) is 6.55. The first-order chi connectivity index (χ1) is 11.7. The Labute approximate surface area is 151 Å². The Morgan fingerprint density at radius 3 is 2.68 bits per heavy atom. The van der Waals surface area contributed by atoms with Gasteiger partial charge in [-0.15, -0.1) is 11.3 Å². The van der Waals surface area contributed by atoms with Crippen LogP contribution in [0.15, 0.2) is 40.7 Å². The summed E-state index contributed by atoms with van der Waals surface area (Å²) >= 11 is 1.29. The molecule has 0 bridgehead atoms. The minimum Gasteiger partial charge on any atom is -0.361 e. The topological polar surface area (TPSA) is 62.0 Å². The molecule has 0 fully saturated rings. The van der Waals surface area contributed by atoms with Crippen LogP contribution in [0.3, 0.4) is 0 Å². The minimum atomic E-state index is -3.54. The SMILES string of the molecule is CCc1ccc(S(=O)(=O)NCC(C)(C)c2c[nH]c3cc(F)ccc23)s1. The van der Waals surface area contributed by atoms with Gasteiger partial charge >= 0.3 is 0 Å². The van der Waals surface area contributed by atoms with Gasteiger partial charge in [-0.2, -0.15) is 0 Å². The maximum atomic E-state index is 13.4. The highest BCUT2D eigenvalue weighted by Gasteiger charge is 2.27. The average molecular weight is 381 g/mol. The smallest absolute Gasteiger partial charge is 0.250 e. The molecule has 0 radical (unpaired) electrons. The van der Waals surface area contributed by atoms with Gasteiger partial charge in [0.25, 0.3) is 0 Å². The van der Waals surface area contributed by atoms with Crippen molar-refractivity contribution in [3.8, 4) is 0 Å². The second-order valence-electron chi connectivity index (χ2n) is 6.67. The molecule has 0 aliphatic carbocycles. The van der Waals surface area contributed by atoms with Crippen LogP contribution in [0.25, 0.3) is 10.9 Å². The average Bonchev–Trinajstić information content (AvgIpc) is 3.20. The number of hydrogen-bond acceptors (Lipinski definition) is 3. The third-order valence-electron chi connectivity index (χ3n) is 4.33. The molecular formula is C18H21FN2O2S2. The number of aryl methyl sites for hydroxylation is 1. The summed E-state index contributed by atoms with van der Waals surface area (Å²) in [4.78, 5) is 4.10. The molecular weight excluding hydrogens is 359 g/mol. The zero-order chi connectivity index (χ0) is 18.2. The highest BCUT2D eigenvalue weighted by atomic mass is 32.2. The molecule has 3 rings (SSSR count). The second-order valence-corrected chi connectivity index (χ2v) is 9.84. The Bertz CT molecular complexity index is 1000. The van der Waals surface area contributed by atoms with Gasteiger partial charge in [0.05, 0.1) is 0 Å². The predicted molar refractivity (Wildman–Crippen MR) is 100 cm³/mol. The van der Waals surface area contributed by atoms with Crippen LogP contribution >= 0.6 is 11.3 Å². The summed E-state index contributed by atoms with van der Waals surface area (Å²) in [7, 11) is -3.54. The first-order valence-electron chi connectivity index (χ1n) is 8.08. The van der Waals surface area contributed by atoms with E-state index in [4.69, 9.17) is 0 Å². The molecule has 0 aliphatic heterocycles. The van der Waals surface area contributed by atoms with Crippen LogP contribution in [0.1, 0.15) is 31.2 Å². The monoisotopic (exact) mass is 380 g/mol. The van der Waals surface area contributed by atoms with Gasteiger partial charge in [-0.25, -0.2) is 17.5 Å². The number of aromatic nitrogens is 1. The van der Waals surface area contributed by atoms with Crippen molar-refractivity contribution in [2.24, 2.45) is 0 Å². The molecule has 25 heavy (non-hydrogen) atoms. The maximum absolute atomic E-state index is 13.4. The van der Waals surface area contributed by atoms with Crippen LogP contribution in [-0.4, -0.2) is 19.9 Å². The van der Waals surface area contributed by atoms with Crippen molar-refractivity contribution in [1.82, 2.24) is 9.71 Å². The highest BCUT2D eigenvalue weighted by Crippen LogP contribution is 2.31. The summed E-state index contributed by atoms with van der Waals surface area (Å²) < 4.78 is 41.5. The van der Waals surface area contributed by atoms with Crippen molar-refractivity contribution in [2.45, 2.75) is 36.8 Å². The zero-order valence-corrected chi connectivity index (χ0v) is 16.0. The summed E-state index contributed by atoms with van der Waals surface area (Å²) in [6.45, 7) is 6.18. The Balaban J connectivity index is 1.83. The van der Waals surface area contributed by atoms with Crippen LogP contribution in [0.5, 0.6) is 0 Å². The molecule has 7 heteroatoms. The van der Waals surface area contributed by atoms with E-state index in [1.165, 1.54) is 23.5 Å². The lowest BCUT2D eigenvalue weighted by Gasteiger charge is -2.24. The third-order valence-corrected chi connectivity index (χ3v) is 7.45. The summed E-state index contributed by atoms with van der Waals surface area (Å²) in [6.07, 6.45) is 2.64. The number of sulfonamides is 1. The number of hydrogen-bond donors (Lipinski definition) is 2. The number of thiophene rings is 1. The van der Waals surface area contributed by atoms with Crippen LogP contribution < -0.4 is 4.72 Å². The molecule has 0 spiro atoms. The number of H-pyrrole nitrogens is 1. The molecule has 134 valence electrons. The fourth-order valence-corrected chi connectivity index (χ4v) is 5.34. The first-order valence-corrected chi connectivity index (χ1v) is 10.4. The number of rotatable bonds is 6. The lowest BCUT2D eigenvalue weighted by molar-refractivity contribution is 0.505. The number of halogens is 1.